The van der Waals surface area contributed by atoms with Gasteiger partial charge in [-0.2, -0.15) is 4.37 Å². The summed E-state index contributed by atoms with van der Waals surface area (Å²) in [6.07, 6.45) is 1.37. The number of aromatic nitrogens is 2. The van der Waals surface area contributed by atoms with Crippen LogP contribution in [0, 0.1) is 13.8 Å². The van der Waals surface area contributed by atoms with Crippen LogP contribution in [0.15, 0.2) is 36.4 Å². The lowest BCUT2D eigenvalue weighted by Crippen LogP contribution is -2.34. The summed E-state index contributed by atoms with van der Waals surface area (Å²) in [6, 6.07) is 12.3. The van der Waals surface area contributed by atoms with E-state index in [4.69, 9.17) is 0 Å². The number of β-amino-alcohol motifs (C(OH)–C–C–N with tert-alkyl or cyclic N) is 1. The summed E-state index contributed by atoms with van der Waals surface area (Å²) >= 11 is 1.38. The Morgan fingerprint density at radius 1 is 1.22 bits per heavy atom. The number of aryl methyl sites for hydroxylation is 2. The van der Waals surface area contributed by atoms with Crippen LogP contribution in [0.4, 0.5) is 17.1 Å². The molecule has 1 amide bonds. The van der Waals surface area contributed by atoms with E-state index in [2.05, 4.69) is 25.6 Å². The van der Waals surface area contributed by atoms with Crippen LogP contribution in [0.1, 0.15) is 23.4 Å². The smallest absolute Gasteiger partial charge is 0.246 e. The van der Waals surface area contributed by atoms with Gasteiger partial charge in [0.1, 0.15) is 10.8 Å². The Labute approximate surface area is 191 Å². The second kappa shape index (κ2) is 8.52. The average Bonchev–Trinajstić information content (AvgIpc) is 3.52. The molecule has 2 aromatic carbocycles. The summed E-state index contributed by atoms with van der Waals surface area (Å²) in [5.41, 5.74) is 6.37. The van der Waals surface area contributed by atoms with E-state index in [-0.39, 0.29) is 18.6 Å². The third-order valence-electron chi connectivity index (χ3n) is 6.25. The number of nitrogens with one attached hydrogen (secondary N) is 1. The van der Waals surface area contributed by atoms with Crippen LogP contribution in [-0.2, 0) is 11.2 Å². The number of aliphatic hydroxyl groups excluding tert-OH is 1. The highest BCUT2D eigenvalue weighted by Gasteiger charge is 2.30. The molecule has 7 nitrogen and oxygen atoms in total. The summed E-state index contributed by atoms with van der Waals surface area (Å²) in [6.45, 7) is 6.35. The zero-order chi connectivity index (χ0) is 22.2. The van der Waals surface area contributed by atoms with Gasteiger partial charge in [0, 0.05) is 47.8 Å². The fourth-order valence-corrected chi connectivity index (χ4v) is 5.22. The second-order valence-electron chi connectivity index (χ2n) is 8.49. The molecule has 0 aliphatic carbocycles. The highest BCUT2D eigenvalue weighted by molar-refractivity contribution is 7.09. The molecule has 0 spiro atoms. The minimum absolute atomic E-state index is 0.0546. The summed E-state index contributed by atoms with van der Waals surface area (Å²) in [7, 11) is 0. The van der Waals surface area contributed by atoms with Crippen LogP contribution in [0.3, 0.4) is 0 Å². The van der Waals surface area contributed by atoms with Gasteiger partial charge in [-0.1, -0.05) is 18.2 Å². The van der Waals surface area contributed by atoms with Crippen molar-refractivity contribution in [2.45, 2.75) is 32.8 Å². The van der Waals surface area contributed by atoms with Gasteiger partial charge in [0.15, 0.2) is 0 Å². The van der Waals surface area contributed by atoms with Gasteiger partial charge in [0.2, 0.25) is 5.91 Å². The number of carbonyl (C=O) groups is 1. The van der Waals surface area contributed by atoms with Gasteiger partial charge < -0.3 is 20.2 Å². The van der Waals surface area contributed by atoms with Crippen LogP contribution in [0.5, 0.6) is 0 Å². The minimum Gasteiger partial charge on any atom is -0.391 e. The molecule has 5 rings (SSSR count). The lowest BCUT2D eigenvalue weighted by molar-refractivity contribution is -0.116. The average molecular weight is 450 g/mol. The van der Waals surface area contributed by atoms with E-state index in [0.717, 1.165) is 58.4 Å². The van der Waals surface area contributed by atoms with Gasteiger partial charge in [-0.3, -0.25) is 4.79 Å². The monoisotopic (exact) mass is 449 g/mol. The van der Waals surface area contributed by atoms with Crippen molar-refractivity contribution < 1.29 is 9.90 Å². The third kappa shape index (κ3) is 3.96. The number of fused-ring (bicyclic) bond motifs is 1. The molecule has 2 aliphatic rings. The molecule has 1 unspecified atom stereocenters. The Morgan fingerprint density at radius 2 is 2.06 bits per heavy atom. The Bertz CT molecular complexity index is 1160. The number of amides is 1. The van der Waals surface area contributed by atoms with Crippen LogP contribution in [0.25, 0.3) is 10.6 Å². The zero-order valence-corrected chi connectivity index (χ0v) is 19.2. The maximum Gasteiger partial charge on any atom is 0.246 e. The Morgan fingerprint density at radius 3 is 2.81 bits per heavy atom. The van der Waals surface area contributed by atoms with Crippen molar-refractivity contribution in [1.29, 1.82) is 0 Å². The standard InChI is InChI=1S/C24H27N5O2S/c1-15-6-7-17(24-26-16(2)27-32-24)12-20(15)25-13-23(31)29-11-9-19-21(4-3-5-22(19)29)28-10-8-18(30)14-28/h3-7,12,18,25,30H,8-11,13-14H2,1-2H3. The molecule has 1 atom stereocenters. The van der Waals surface area contributed by atoms with Crippen molar-refractivity contribution in [3.8, 4) is 10.6 Å². The molecule has 166 valence electrons. The Hall–Kier alpha value is -2.97. The first-order chi connectivity index (χ1) is 15.5. The third-order valence-corrected chi connectivity index (χ3v) is 7.11. The molecule has 1 saturated heterocycles. The molecule has 32 heavy (non-hydrogen) atoms. The van der Waals surface area contributed by atoms with Crippen LogP contribution in [-0.4, -0.2) is 52.7 Å². The summed E-state index contributed by atoms with van der Waals surface area (Å²) in [5, 5.41) is 14.1. The van der Waals surface area contributed by atoms with Crippen molar-refractivity contribution in [2.24, 2.45) is 0 Å². The molecule has 1 fully saturated rings. The normalized spacial score (nSPS) is 17.7. The highest BCUT2D eigenvalue weighted by Crippen LogP contribution is 2.37. The van der Waals surface area contributed by atoms with Gasteiger partial charge in [0.25, 0.3) is 0 Å². The van der Waals surface area contributed by atoms with E-state index in [0.29, 0.717) is 13.1 Å². The van der Waals surface area contributed by atoms with Crippen LogP contribution < -0.4 is 15.1 Å². The topological polar surface area (TPSA) is 81.6 Å². The number of aliphatic hydroxyl groups is 1. The van der Waals surface area contributed by atoms with Gasteiger partial charge >= 0.3 is 0 Å². The number of anilines is 3. The SMILES string of the molecule is Cc1nsc(-c2ccc(C)c(NCC(=O)N3CCc4c(N5CCC(O)C5)cccc43)c2)n1. The summed E-state index contributed by atoms with van der Waals surface area (Å²) in [4.78, 5) is 21.7. The number of rotatable bonds is 5. The molecule has 3 heterocycles. The predicted molar refractivity (Wildman–Crippen MR) is 129 cm³/mol. The number of carbonyl (C=O) groups excluding carboxylic acids is 1. The van der Waals surface area contributed by atoms with Crippen molar-refractivity contribution in [1.82, 2.24) is 9.36 Å². The first kappa shape index (κ1) is 20.9. The van der Waals surface area contributed by atoms with Gasteiger partial charge in [0.05, 0.1) is 12.6 Å². The number of benzene rings is 2. The highest BCUT2D eigenvalue weighted by atomic mass is 32.1. The molecular formula is C24H27N5O2S. The molecule has 0 saturated carbocycles. The Kier molecular flexibility index (Phi) is 5.57. The lowest BCUT2D eigenvalue weighted by atomic mass is 10.1. The van der Waals surface area contributed by atoms with Crippen molar-refractivity contribution in [2.75, 3.05) is 41.3 Å². The van der Waals surface area contributed by atoms with E-state index in [1.807, 2.05) is 49.1 Å². The molecule has 8 heteroatoms. The molecule has 1 aromatic heterocycles. The van der Waals surface area contributed by atoms with Crippen molar-refractivity contribution >= 4 is 34.5 Å². The molecule has 0 bridgehead atoms. The summed E-state index contributed by atoms with van der Waals surface area (Å²) in [5.74, 6) is 0.824. The molecule has 3 aromatic rings. The Balaban J connectivity index is 1.30. The quantitative estimate of drug-likeness (QED) is 0.621. The summed E-state index contributed by atoms with van der Waals surface area (Å²) < 4.78 is 4.26. The fourth-order valence-electron chi connectivity index (χ4n) is 4.56. The largest absolute Gasteiger partial charge is 0.391 e. The number of hydrogen-bond donors (Lipinski definition) is 2. The van der Waals surface area contributed by atoms with Crippen LogP contribution in [0.2, 0.25) is 0 Å². The first-order valence-electron chi connectivity index (χ1n) is 11.0. The first-order valence-corrected chi connectivity index (χ1v) is 11.8. The van der Waals surface area contributed by atoms with Crippen molar-refractivity contribution in [3.63, 3.8) is 0 Å². The minimum atomic E-state index is -0.266. The molecular weight excluding hydrogens is 422 g/mol. The van der Waals surface area contributed by atoms with E-state index in [1.54, 1.807) is 0 Å². The van der Waals surface area contributed by atoms with Crippen molar-refractivity contribution in [3.05, 3.63) is 53.3 Å². The zero-order valence-electron chi connectivity index (χ0n) is 18.3. The second-order valence-corrected chi connectivity index (χ2v) is 9.24. The molecule has 2 N–H and O–H groups in total. The fraction of sp³-hybridized carbons (Fsp3) is 0.375. The van der Waals surface area contributed by atoms with E-state index in [1.165, 1.54) is 17.1 Å². The van der Waals surface area contributed by atoms with Gasteiger partial charge in [-0.05, 0) is 62.0 Å². The molecule has 0 radical (unpaired) electrons. The maximum atomic E-state index is 13.1. The van der Waals surface area contributed by atoms with E-state index < -0.39 is 0 Å². The predicted octanol–water partition coefficient (Wildman–Crippen LogP) is 3.39. The van der Waals surface area contributed by atoms with Gasteiger partial charge in [-0.15, -0.1) is 0 Å². The van der Waals surface area contributed by atoms with Gasteiger partial charge in [-0.25, -0.2) is 4.98 Å². The van der Waals surface area contributed by atoms with E-state index >= 15 is 0 Å². The lowest BCUT2D eigenvalue weighted by Gasteiger charge is -2.23. The molecule has 2 aliphatic heterocycles. The van der Waals surface area contributed by atoms with Crippen LogP contribution >= 0.6 is 11.5 Å². The number of hydrogen-bond acceptors (Lipinski definition) is 7. The van der Waals surface area contributed by atoms with E-state index in [9.17, 15) is 9.90 Å². The number of nitrogens with zero attached hydrogens (tertiary/aromatic N) is 4. The maximum absolute atomic E-state index is 13.1.